The average Bonchev–Trinajstić information content (AvgIpc) is 3.22. The van der Waals surface area contributed by atoms with Gasteiger partial charge in [-0.2, -0.15) is 0 Å². The number of carbonyl (C=O) groups excluding carboxylic acids is 1. The molecule has 0 saturated heterocycles. The van der Waals surface area contributed by atoms with Crippen LogP contribution in [0.25, 0.3) is 27.7 Å². The topological polar surface area (TPSA) is 85.6 Å². The number of fused-ring (bicyclic) bond motifs is 1. The Morgan fingerprint density at radius 1 is 0.906 bits per heavy atom. The maximum absolute atomic E-state index is 13.1. The van der Waals surface area contributed by atoms with Gasteiger partial charge in [0.2, 0.25) is 0 Å². The fourth-order valence-electron chi connectivity index (χ4n) is 3.69. The zero-order valence-corrected chi connectivity index (χ0v) is 17.6. The van der Waals surface area contributed by atoms with Crippen LogP contribution >= 0.6 is 0 Å². The van der Waals surface area contributed by atoms with Gasteiger partial charge in [0.15, 0.2) is 5.69 Å². The van der Waals surface area contributed by atoms with Gasteiger partial charge in [-0.1, -0.05) is 35.5 Å². The third-order valence-electron chi connectivity index (χ3n) is 5.45. The molecular weight excluding hydrogens is 400 g/mol. The van der Waals surface area contributed by atoms with Crippen LogP contribution in [0.2, 0.25) is 0 Å². The van der Waals surface area contributed by atoms with Crippen molar-refractivity contribution in [2.75, 3.05) is 5.32 Å². The summed E-state index contributed by atoms with van der Waals surface area (Å²) in [4.78, 5) is 21.6. The first-order valence-corrected chi connectivity index (χ1v) is 10.2. The van der Waals surface area contributed by atoms with Crippen molar-refractivity contribution in [1.29, 1.82) is 0 Å². The Morgan fingerprint density at radius 3 is 2.56 bits per heavy atom. The number of hydrogen-bond donors (Lipinski definition) is 1. The van der Waals surface area contributed by atoms with Crippen LogP contribution in [-0.4, -0.2) is 30.9 Å². The Hall–Kier alpha value is -4.39. The highest BCUT2D eigenvalue weighted by Gasteiger charge is 2.19. The molecule has 0 aliphatic rings. The number of anilines is 1. The van der Waals surface area contributed by atoms with Gasteiger partial charge >= 0.3 is 0 Å². The highest BCUT2D eigenvalue weighted by atomic mass is 16.2. The smallest absolute Gasteiger partial charge is 0.278 e. The van der Waals surface area contributed by atoms with Crippen molar-refractivity contribution in [3.05, 3.63) is 96.2 Å². The Balaban J connectivity index is 1.47. The van der Waals surface area contributed by atoms with E-state index in [1.54, 1.807) is 23.3 Å². The molecule has 0 aliphatic heterocycles. The largest absolute Gasteiger partial charge is 0.320 e. The molecule has 0 spiro atoms. The maximum atomic E-state index is 13.1. The van der Waals surface area contributed by atoms with Gasteiger partial charge in [-0.05, 0) is 60.9 Å². The first-order valence-electron chi connectivity index (χ1n) is 10.2. The highest BCUT2D eigenvalue weighted by molar-refractivity contribution is 6.04. The molecule has 1 amide bonds. The predicted molar refractivity (Wildman–Crippen MR) is 124 cm³/mol. The average molecular weight is 420 g/mol. The van der Waals surface area contributed by atoms with E-state index >= 15 is 0 Å². The number of rotatable bonds is 4. The lowest BCUT2D eigenvalue weighted by molar-refractivity contribution is 0.102. The number of aryl methyl sites for hydroxylation is 1. The minimum Gasteiger partial charge on any atom is -0.320 e. The minimum atomic E-state index is -0.308. The number of nitrogens with one attached hydrogen (secondary N) is 1. The van der Waals surface area contributed by atoms with Gasteiger partial charge in [0, 0.05) is 29.7 Å². The quantitative estimate of drug-likeness (QED) is 0.454. The number of para-hydroxylation sites is 1. The van der Waals surface area contributed by atoms with Crippen molar-refractivity contribution in [3.8, 4) is 16.8 Å². The predicted octanol–water partition coefficient (Wildman–Crippen LogP) is 4.75. The molecule has 3 heterocycles. The number of carbonyl (C=O) groups is 1. The van der Waals surface area contributed by atoms with E-state index in [0.717, 1.165) is 39.0 Å². The molecular formula is C25H20N6O. The third kappa shape index (κ3) is 3.50. The van der Waals surface area contributed by atoms with Crippen molar-refractivity contribution >= 4 is 22.5 Å². The summed E-state index contributed by atoms with van der Waals surface area (Å²) in [7, 11) is 0. The van der Waals surface area contributed by atoms with E-state index < -0.39 is 0 Å². The lowest BCUT2D eigenvalue weighted by Gasteiger charge is -2.11. The maximum Gasteiger partial charge on any atom is 0.278 e. The number of amides is 1. The summed E-state index contributed by atoms with van der Waals surface area (Å²) >= 11 is 0. The van der Waals surface area contributed by atoms with E-state index in [4.69, 9.17) is 0 Å². The summed E-state index contributed by atoms with van der Waals surface area (Å²) in [6.45, 7) is 3.79. The van der Waals surface area contributed by atoms with Crippen LogP contribution in [-0.2, 0) is 0 Å². The lowest BCUT2D eigenvalue weighted by Crippen LogP contribution is -2.15. The van der Waals surface area contributed by atoms with Crippen molar-refractivity contribution < 1.29 is 4.79 Å². The van der Waals surface area contributed by atoms with Gasteiger partial charge in [-0.3, -0.25) is 14.8 Å². The molecule has 0 bridgehead atoms. The monoisotopic (exact) mass is 420 g/mol. The van der Waals surface area contributed by atoms with E-state index in [2.05, 4.69) is 25.6 Å². The molecule has 7 nitrogen and oxygen atoms in total. The van der Waals surface area contributed by atoms with Crippen LogP contribution in [0, 0.1) is 13.8 Å². The zero-order valence-electron chi connectivity index (χ0n) is 17.6. The SMILES string of the molecule is Cc1ccc(-c2ccncc2)cc1NC(=O)c1nnn(-c2cccc3cccnc23)c1C. The molecule has 0 saturated carbocycles. The third-order valence-corrected chi connectivity index (χ3v) is 5.45. The first-order chi connectivity index (χ1) is 15.6. The van der Waals surface area contributed by atoms with Gasteiger partial charge < -0.3 is 5.32 Å². The van der Waals surface area contributed by atoms with Crippen LogP contribution in [0.5, 0.6) is 0 Å². The molecule has 5 aromatic rings. The number of nitrogens with zero attached hydrogens (tertiary/aromatic N) is 5. The van der Waals surface area contributed by atoms with E-state index in [1.165, 1.54) is 0 Å². The molecule has 0 aliphatic carbocycles. The molecule has 1 N–H and O–H groups in total. The van der Waals surface area contributed by atoms with E-state index in [9.17, 15) is 4.79 Å². The second-order valence-electron chi connectivity index (χ2n) is 7.51. The Labute approximate surface area is 184 Å². The van der Waals surface area contributed by atoms with E-state index in [0.29, 0.717) is 5.69 Å². The standard InChI is InChI=1S/C25H20N6O/c1-16-8-9-20(18-10-13-26-14-11-18)15-21(16)28-25(32)23-17(2)31(30-29-23)22-7-3-5-19-6-4-12-27-24(19)22/h3-15H,1-2H3,(H,28,32). The molecule has 0 fully saturated rings. The van der Waals surface area contributed by atoms with E-state index in [-0.39, 0.29) is 11.6 Å². The Morgan fingerprint density at radius 2 is 1.72 bits per heavy atom. The van der Waals surface area contributed by atoms with Gasteiger partial charge in [0.25, 0.3) is 5.91 Å². The number of pyridine rings is 2. The van der Waals surface area contributed by atoms with Crippen molar-refractivity contribution in [3.63, 3.8) is 0 Å². The van der Waals surface area contributed by atoms with Gasteiger partial charge in [-0.15, -0.1) is 5.10 Å². The van der Waals surface area contributed by atoms with Crippen LogP contribution in [0.15, 0.2) is 79.3 Å². The van der Waals surface area contributed by atoms with Gasteiger partial charge in [0.05, 0.1) is 16.9 Å². The fraction of sp³-hybridized carbons (Fsp3) is 0.0800. The Bertz CT molecular complexity index is 1440. The van der Waals surface area contributed by atoms with Crippen molar-refractivity contribution in [2.45, 2.75) is 13.8 Å². The molecule has 3 aromatic heterocycles. The first kappa shape index (κ1) is 19.6. The summed E-state index contributed by atoms with van der Waals surface area (Å²) in [5.74, 6) is -0.308. The fourth-order valence-corrected chi connectivity index (χ4v) is 3.69. The molecule has 0 atom stereocenters. The minimum absolute atomic E-state index is 0.270. The molecule has 32 heavy (non-hydrogen) atoms. The van der Waals surface area contributed by atoms with Crippen LogP contribution < -0.4 is 5.32 Å². The van der Waals surface area contributed by atoms with Crippen molar-refractivity contribution in [2.24, 2.45) is 0 Å². The van der Waals surface area contributed by atoms with Gasteiger partial charge in [0.1, 0.15) is 0 Å². The summed E-state index contributed by atoms with van der Waals surface area (Å²) in [5, 5.41) is 12.4. The highest BCUT2D eigenvalue weighted by Crippen LogP contribution is 2.26. The summed E-state index contributed by atoms with van der Waals surface area (Å²) in [6.07, 6.45) is 5.23. The molecule has 0 unspecified atom stereocenters. The van der Waals surface area contributed by atoms with Crippen LogP contribution in [0.3, 0.4) is 0 Å². The molecule has 156 valence electrons. The normalized spacial score (nSPS) is 10.9. The number of benzene rings is 2. The van der Waals surface area contributed by atoms with Crippen molar-refractivity contribution in [1.82, 2.24) is 25.0 Å². The molecule has 2 aromatic carbocycles. The zero-order chi connectivity index (χ0) is 22.1. The second kappa shape index (κ2) is 8.03. The van der Waals surface area contributed by atoms with Crippen LogP contribution in [0.4, 0.5) is 5.69 Å². The molecule has 5 rings (SSSR count). The molecule has 0 radical (unpaired) electrons. The second-order valence-corrected chi connectivity index (χ2v) is 7.51. The van der Waals surface area contributed by atoms with Gasteiger partial charge in [-0.25, -0.2) is 4.68 Å². The lowest BCUT2D eigenvalue weighted by atomic mass is 10.0. The Kier molecular flexibility index (Phi) is 4.91. The number of aromatic nitrogens is 5. The van der Waals surface area contributed by atoms with Crippen LogP contribution in [0.1, 0.15) is 21.7 Å². The molecule has 7 heteroatoms. The summed E-state index contributed by atoms with van der Waals surface area (Å²) in [6, 6.07) is 19.6. The number of hydrogen-bond acceptors (Lipinski definition) is 5. The van der Waals surface area contributed by atoms with E-state index in [1.807, 2.05) is 74.5 Å². The summed E-state index contributed by atoms with van der Waals surface area (Å²) in [5.41, 5.74) is 6.20. The summed E-state index contributed by atoms with van der Waals surface area (Å²) < 4.78 is 1.66.